The normalized spacial score (nSPS) is 12.5. The predicted molar refractivity (Wildman–Crippen MR) is 93.9 cm³/mol. The molecule has 4 nitrogen and oxygen atoms in total. The molecule has 0 unspecified atom stereocenters. The van der Waals surface area contributed by atoms with E-state index in [4.69, 9.17) is 9.15 Å². The summed E-state index contributed by atoms with van der Waals surface area (Å²) in [5.74, 6) is 0.635. The molecule has 1 atom stereocenters. The van der Waals surface area contributed by atoms with E-state index < -0.39 is 0 Å². The first kappa shape index (κ1) is 16.3. The quantitative estimate of drug-likeness (QED) is 0.652. The van der Waals surface area contributed by atoms with E-state index >= 15 is 0 Å². The van der Waals surface area contributed by atoms with Gasteiger partial charge in [-0.1, -0.05) is 30.3 Å². The van der Waals surface area contributed by atoms with Crippen molar-refractivity contribution >= 4 is 16.9 Å². The van der Waals surface area contributed by atoms with E-state index in [-0.39, 0.29) is 12.0 Å². The lowest BCUT2D eigenvalue weighted by atomic mass is 10.1. The molecule has 0 spiro atoms. The van der Waals surface area contributed by atoms with Crippen molar-refractivity contribution in [1.29, 1.82) is 0 Å². The molecule has 0 saturated heterocycles. The molecule has 0 fully saturated rings. The van der Waals surface area contributed by atoms with Crippen molar-refractivity contribution in [3.63, 3.8) is 0 Å². The van der Waals surface area contributed by atoms with Crippen LogP contribution in [0.4, 0.5) is 0 Å². The molecule has 0 N–H and O–H groups in total. The number of ether oxygens (including phenoxy) is 1. The predicted octanol–water partition coefficient (Wildman–Crippen LogP) is 4.41. The van der Waals surface area contributed by atoms with Crippen LogP contribution in [0.3, 0.4) is 0 Å². The van der Waals surface area contributed by atoms with Gasteiger partial charge in [-0.25, -0.2) is 4.79 Å². The SMILES string of the molecule is COC(=O)c1ccc(CN(C)[C@@H](C)c2cc3ccccc3o2)cc1. The van der Waals surface area contributed by atoms with E-state index in [0.717, 1.165) is 28.8 Å². The third-order valence-electron chi connectivity index (χ3n) is 4.32. The molecule has 0 radical (unpaired) electrons. The van der Waals surface area contributed by atoms with Crippen LogP contribution in [-0.2, 0) is 11.3 Å². The van der Waals surface area contributed by atoms with Crippen molar-refractivity contribution in [2.24, 2.45) is 0 Å². The average Bonchev–Trinajstić information content (AvgIpc) is 3.05. The topological polar surface area (TPSA) is 42.7 Å². The Morgan fingerprint density at radius 3 is 2.54 bits per heavy atom. The molecular weight excluding hydrogens is 302 g/mol. The van der Waals surface area contributed by atoms with Crippen molar-refractivity contribution in [3.8, 4) is 0 Å². The number of hydrogen-bond acceptors (Lipinski definition) is 4. The van der Waals surface area contributed by atoms with Crippen LogP contribution in [0.5, 0.6) is 0 Å². The van der Waals surface area contributed by atoms with E-state index in [9.17, 15) is 4.79 Å². The molecule has 0 saturated carbocycles. The first-order valence-electron chi connectivity index (χ1n) is 7.94. The summed E-state index contributed by atoms with van der Waals surface area (Å²) in [6, 6.07) is 17.8. The lowest BCUT2D eigenvalue weighted by Crippen LogP contribution is -2.21. The summed E-state index contributed by atoms with van der Waals surface area (Å²) in [6.07, 6.45) is 0. The molecule has 4 heteroatoms. The second kappa shape index (κ2) is 6.89. The fourth-order valence-corrected chi connectivity index (χ4v) is 2.71. The molecule has 3 aromatic rings. The number of carbonyl (C=O) groups excluding carboxylic acids is 1. The highest BCUT2D eigenvalue weighted by Crippen LogP contribution is 2.27. The van der Waals surface area contributed by atoms with E-state index in [1.165, 1.54) is 7.11 Å². The van der Waals surface area contributed by atoms with Crippen LogP contribution in [0.2, 0.25) is 0 Å². The lowest BCUT2D eigenvalue weighted by Gasteiger charge is -2.23. The fourth-order valence-electron chi connectivity index (χ4n) is 2.71. The van der Waals surface area contributed by atoms with E-state index in [2.05, 4.69) is 31.0 Å². The molecular formula is C20H21NO3. The number of methoxy groups -OCH3 is 1. The number of carbonyl (C=O) groups is 1. The molecule has 3 rings (SSSR count). The molecule has 0 aliphatic rings. The monoisotopic (exact) mass is 323 g/mol. The highest BCUT2D eigenvalue weighted by Gasteiger charge is 2.16. The molecule has 2 aromatic carbocycles. The maximum absolute atomic E-state index is 11.5. The first-order valence-corrected chi connectivity index (χ1v) is 7.94. The molecule has 0 aliphatic carbocycles. The van der Waals surface area contributed by atoms with Gasteiger partial charge in [0.2, 0.25) is 0 Å². The van der Waals surface area contributed by atoms with Crippen molar-refractivity contribution < 1.29 is 13.9 Å². The smallest absolute Gasteiger partial charge is 0.337 e. The van der Waals surface area contributed by atoms with Gasteiger partial charge in [0, 0.05) is 11.9 Å². The number of hydrogen-bond donors (Lipinski definition) is 0. The van der Waals surface area contributed by atoms with Gasteiger partial charge in [0.25, 0.3) is 0 Å². The Morgan fingerprint density at radius 1 is 1.17 bits per heavy atom. The van der Waals surface area contributed by atoms with Gasteiger partial charge in [0.15, 0.2) is 0 Å². The lowest BCUT2D eigenvalue weighted by molar-refractivity contribution is 0.0600. The van der Waals surface area contributed by atoms with E-state index in [0.29, 0.717) is 5.56 Å². The van der Waals surface area contributed by atoms with Crippen molar-refractivity contribution in [1.82, 2.24) is 4.90 Å². The van der Waals surface area contributed by atoms with Gasteiger partial charge in [-0.2, -0.15) is 0 Å². The van der Waals surface area contributed by atoms with Crippen LogP contribution >= 0.6 is 0 Å². The van der Waals surface area contributed by atoms with Gasteiger partial charge in [-0.3, -0.25) is 4.90 Å². The number of fused-ring (bicyclic) bond motifs is 1. The molecule has 0 bridgehead atoms. The minimum atomic E-state index is -0.314. The van der Waals surface area contributed by atoms with Gasteiger partial charge in [0.05, 0.1) is 18.7 Å². The highest BCUT2D eigenvalue weighted by molar-refractivity contribution is 5.89. The standard InChI is InChI=1S/C20H21NO3/c1-14(19-12-17-6-4-5-7-18(17)24-19)21(2)13-15-8-10-16(11-9-15)20(22)23-3/h4-12,14H,13H2,1-3H3/t14-/m0/s1. The second-order valence-electron chi connectivity index (χ2n) is 5.97. The summed E-state index contributed by atoms with van der Waals surface area (Å²) >= 11 is 0. The molecule has 1 heterocycles. The van der Waals surface area contributed by atoms with Crippen LogP contribution in [0, 0.1) is 0 Å². The van der Waals surface area contributed by atoms with E-state index in [1.54, 1.807) is 12.1 Å². The number of nitrogens with zero attached hydrogens (tertiary/aromatic N) is 1. The third kappa shape index (κ3) is 3.34. The number of benzene rings is 2. The second-order valence-corrected chi connectivity index (χ2v) is 5.97. The van der Waals surface area contributed by atoms with Crippen molar-refractivity contribution in [2.75, 3.05) is 14.2 Å². The van der Waals surface area contributed by atoms with Crippen LogP contribution in [0.15, 0.2) is 59.0 Å². The molecule has 124 valence electrons. The van der Waals surface area contributed by atoms with Crippen molar-refractivity contribution in [3.05, 3.63) is 71.5 Å². The summed E-state index contributed by atoms with van der Waals surface area (Å²) in [5, 5.41) is 1.12. The summed E-state index contributed by atoms with van der Waals surface area (Å²) < 4.78 is 10.7. The van der Waals surface area contributed by atoms with E-state index in [1.807, 2.05) is 30.3 Å². The largest absolute Gasteiger partial charge is 0.465 e. The molecule has 24 heavy (non-hydrogen) atoms. The number of furan rings is 1. The molecule has 0 aliphatic heterocycles. The van der Waals surface area contributed by atoms with Gasteiger partial charge < -0.3 is 9.15 Å². The summed E-state index contributed by atoms with van der Waals surface area (Å²) in [6.45, 7) is 2.89. The van der Waals surface area contributed by atoms with Crippen LogP contribution in [-0.4, -0.2) is 25.0 Å². The van der Waals surface area contributed by atoms with Crippen LogP contribution in [0.25, 0.3) is 11.0 Å². The average molecular weight is 323 g/mol. The Hall–Kier alpha value is -2.59. The zero-order valence-electron chi connectivity index (χ0n) is 14.2. The van der Waals surface area contributed by atoms with Crippen molar-refractivity contribution in [2.45, 2.75) is 19.5 Å². The highest BCUT2D eigenvalue weighted by atomic mass is 16.5. The minimum Gasteiger partial charge on any atom is -0.465 e. The minimum absolute atomic E-state index is 0.151. The fraction of sp³-hybridized carbons (Fsp3) is 0.250. The van der Waals surface area contributed by atoms with Gasteiger partial charge in [0.1, 0.15) is 11.3 Å². The Balaban J connectivity index is 1.71. The maximum atomic E-state index is 11.5. The Bertz CT molecular complexity index is 802. The first-order chi connectivity index (χ1) is 11.6. The molecule has 1 aromatic heterocycles. The Kier molecular flexibility index (Phi) is 4.67. The number of esters is 1. The van der Waals surface area contributed by atoms with Gasteiger partial charge in [-0.15, -0.1) is 0 Å². The van der Waals surface area contributed by atoms with Crippen LogP contribution in [0.1, 0.15) is 34.6 Å². The summed E-state index contributed by atoms with van der Waals surface area (Å²) in [7, 11) is 3.45. The van der Waals surface area contributed by atoms with Gasteiger partial charge >= 0.3 is 5.97 Å². The summed E-state index contributed by atoms with van der Waals surface area (Å²) in [5.41, 5.74) is 2.61. The number of para-hydroxylation sites is 1. The zero-order chi connectivity index (χ0) is 17.1. The third-order valence-corrected chi connectivity index (χ3v) is 4.32. The Morgan fingerprint density at radius 2 is 1.88 bits per heavy atom. The number of rotatable bonds is 5. The van der Waals surface area contributed by atoms with Crippen LogP contribution < -0.4 is 0 Å². The van der Waals surface area contributed by atoms with Gasteiger partial charge in [-0.05, 0) is 43.8 Å². The molecule has 0 amide bonds. The zero-order valence-corrected chi connectivity index (χ0v) is 14.2. The Labute approximate surface area is 141 Å². The summed E-state index contributed by atoms with van der Waals surface area (Å²) in [4.78, 5) is 13.7. The maximum Gasteiger partial charge on any atom is 0.337 e.